The maximum atomic E-state index is 15.0. The molecule has 4 N–H and O–H groups in total. The molecule has 1 aromatic heterocycles. The number of nitrogens with zero attached hydrogens (tertiary/aromatic N) is 2. The second-order valence-corrected chi connectivity index (χ2v) is 16.0. The van der Waals surface area contributed by atoms with Crippen molar-refractivity contribution in [3.05, 3.63) is 85.3 Å². The molecule has 0 amide bonds. The predicted octanol–water partition coefficient (Wildman–Crippen LogP) is 4.43. The topological polar surface area (TPSA) is 170 Å². The highest BCUT2D eigenvalue weighted by atomic mass is 16.5. The number of hydrogen-bond acceptors (Lipinski definition) is 12. The largest absolute Gasteiger partial charge is 0.507 e. The summed E-state index contributed by atoms with van der Waals surface area (Å²) in [5.41, 5.74) is -2.53. The second kappa shape index (κ2) is 13.8. The highest BCUT2D eigenvalue weighted by Crippen LogP contribution is 2.49. The van der Waals surface area contributed by atoms with Crippen LogP contribution >= 0.6 is 0 Å². The van der Waals surface area contributed by atoms with Crippen LogP contribution in [0.25, 0.3) is 11.0 Å². The van der Waals surface area contributed by atoms with Crippen molar-refractivity contribution in [2.45, 2.75) is 115 Å². The Hall–Kier alpha value is -3.75. The molecule has 9 atom stereocenters. The molecule has 0 radical (unpaired) electrons. The number of aliphatic hydroxyl groups is 3. The van der Waals surface area contributed by atoms with Gasteiger partial charge in [0.05, 0.1) is 53.1 Å². The molecule has 2 aliphatic heterocycles. The Bertz CT molecular complexity index is 2070. The zero-order valence-electron chi connectivity index (χ0n) is 32.2. The number of ether oxygens (including phenoxy) is 2. The van der Waals surface area contributed by atoms with E-state index in [9.17, 15) is 30.0 Å². The number of carbonyl (C=O) groups is 2. The van der Waals surface area contributed by atoms with Gasteiger partial charge in [-0.15, -0.1) is 0 Å². The number of benzene rings is 2. The molecular formula is C41H52N2O10. The van der Waals surface area contributed by atoms with E-state index in [2.05, 4.69) is 0 Å². The normalized spacial score (nSPS) is 30.3. The number of hydrogen-bond donors (Lipinski definition) is 4. The lowest BCUT2D eigenvalue weighted by molar-refractivity contribution is -0.176. The summed E-state index contributed by atoms with van der Waals surface area (Å²) in [6.45, 7) is 10.3. The summed E-state index contributed by atoms with van der Waals surface area (Å²) < 4.78 is 19.0. The fourth-order valence-corrected chi connectivity index (χ4v) is 8.38. The third-order valence-electron chi connectivity index (χ3n) is 11.9. The van der Waals surface area contributed by atoms with Crippen LogP contribution in [0, 0.1) is 6.92 Å². The fraction of sp³-hybridized carbons (Fsp3) is 0.537. The number of allylic oxidation sites excluding steroid dienone is 1. The fourth-order valence-electron chi connectivity index (χ4n) is 8.38. The van der Waals surface area contributed by atoms with Crippen molar-refractivity contribution < 1.29 is 43.9 Å². The Balaban J connectivity index is 1.64. The van der Waals surface area contributed by atoms with Crippen LogP contribution in [-0.4, -0.2) is 106 Å². The van der Waals surface area contributed by atoms with Crippen molar-refractivity contribution in [1.82, 2.24) is 9.80 Å². The van der Waals surface area contributed by atoms with Gasteiger partial charge in [-0.25, -0.2) is 0 Å². The minimum absolute atomic E-state index is 0.00630. The SMILES string of the molecule is CC=CCC(C)(O)c1cc(=O)c2c(C)cc3c(c2o1)C(=O)c1c(O)c(C2CC(C)(N(C)C)C(O)C(C)O2)cc(C2CC(N(C)C)C(O)C(C)O2)c1C3=O. The molecule has 3 aromatic rings. The van der Waals surface area contributed by atoms with Crippen molar-refractivity contribution >= 4 is 22.5 Å². The molecule has 12 heteroatoms. The van der Waals surface area contributed by atoms with Gasteiger partial charge in [0.1, 0.15) is 22.7 Å². The Morgan fingerprint density at radius 3 is 2.23 bits per heavy atom. The summed E-state index contributed by atoms with van der Waals surface area (Å²) in [6.07, 6.45) is -0.462. The number of phenolic OH excluding ortho intramolecular Hbond substituents is 1. The first-order valence-electron chi connectivity index (χ1n) is 18.2. The number of likely N-dealkylation sites (N-methyl/N-ethyl adjacent to an activating group) is 2. The monoisotopic (exact) mass is 732 g/mol. The minimum atomic E-state index is -1.61. The lowest BCUT2D eigenvalue weighted by Gasteiger charge is -2.49. The van der Waals surface area contributed by atoms with Gasteiger partial charge in [0.2, 0.25) is 5.78 Å². The van der Waals surface area contributed by atoms with Gasteiger partial charge in [-0.2, -0.15) is 0 Å². The number of ketones is 2. The molecule has 0 saturated carbocycles. The second-order valence-electron chi connectivity index (χ2n) is 16.0. The minimum Gasteiger partial charge on any atom is -0.507 e. The number of phenols is 1. The Morgan fingerprint density at radius 2 is 1.60 bits per heavy atom. The maximum Gasteiger partial charge on any atom is 0.202 e. The van der Waals surface area contributed by atoms with Crippen LogP contribution in [0.15, 0.2) is 39.6 Å². The number of aliphatic hydroxyl groups excluding tert-OH is 2. The van der Waals surface area contributed by atoms with Crippen LogP contribution < -0.4 is 5.43 Å². The van der Waals surface area contributed by atoms with Crippen LogP contribution in [0.2, 0.25) is 0 Å². The van der Waals surface area contributed by atoms with E-state index in [1.54, 1.807) is 45.9 Å². The number of rotatable bonds is 7. The average Bonchev–Trinajstić information content (AvgIpc) is 3.08. The molecule has 1 aliphatic carbocycles. The van der Waals surface area contributed by atoms with Crippen LogP contribution in [0.5, 0.6) is 5.75 Å². The van der Waals surface area contributed by atoms with Crippen molar-refractivity contribution in [2.24, 2.45) is 0 Å². The Morgan fingerprint density at radius 1 is 0.943 bits per heavy atom. The van der Waals surface area contributed by atoms with E-state index in [4.69, 9.17) is 13.9 Å². The van der Waals surface area contributed by atoms with E-state index in [1.807, 2.05) is 44.9 Å². The Labute approximate surface area is 309 Å². The molecule has 0 spiro atoms. The summed E-state index contributed by atoms with van der Waals surface area (Å²) >= 11 is 0. The zero-order valence-corrected chi connectivity index (χ0v) is 32.2. The lowest BCUT2D eigenvalue weighted by Crippen LogP contribution is -2.59. The van der Waals surface area contributed by atoms with E-state index in [0.29, 0.717) is 11.1 Å². The van der Waals surface area contributed by atoms with Crippen molar-refractivity contribution in [2.75, 3.05) is 28.2 Å². The first kappa shape index (κ1) is 39.0. The molecule has 2 aromatic carbocycles. The van der Waals surface area contributed by atoms with Gasteiger partial charge >= 0.3 is 0 Å². The molecule has 6 rings (SSSR count). The van der Waals surface area contributed by atoms with Crippen LogP contribution in [0.3, 0.4) is 0 Å². The average molecular weight is 733 g/mol. The maximum absolute atomic E-state index is 15.0. The highest BCUT2D eigenvalue weighted by Gasteiger charge is 2.49. The molecule has 2 saturated heterocycles. The number of fused-ring (bicyclic) bond motifs is 4. The van der Waals surface area contributed by atoms with Gasteiger partial charge in [0.25, 0.3) is 0 Å². The highest BCUT2D eigenvalue weighted by molar-refractivity contribution is 6.33. The first-order valence-corrected chi connectivity index (χ1v) is 18.2. The van der Waals surface area contributed by atoms with Gasteiger partial charge < -0.3 is 44.1 Å². The van der Waals surface area contributed by atoms with E-state index >= 15 is 4.79 Å². The van der Waals surface area contributed by atoms with Gasteiger partial charge in [0.15, 0.2) is 11.2 Å². The Kier molecular flexibility index (Phi) is 10.2. The van der Waals surface area contributed by atoms with E-state index in [-0.39, 0.29) is 69.9 Å². The zero-order chi connectivity index (χ0) is 39.1. The molecule has 53 heavy (non-hydrogen) atoms. The molecule has 2 fully saturated rings. The summed E-state index contributed by atoms with van der Waals surface area (Å²) in [4.78, 5) is 47.4. The number of aryl methyl sites for hydroxylation is 1. The third-order valence-corrected chi connectivity index (χ3v) is 11.9. The molecular weight excluding hydrogens is 680 g/mol. The lowest BCUT2D eigenvalue weighted by atomic mass is 9.74. The van der Waals surface area contributed by atoms with Crippen molar-refractivity contribution in [3.63, 3.8) is 0 Å². The molecule has 12 nitrogen and oxygen atoms in total. The molecule has 0 bridgehead atoms. The van der Waals surface area contributed by atoms with E-state index < -0.39 is 70.5 Å². The van der Waals surface area contributed by atoms with Gasteiger partial charge in [-0.1, -0.05) is 12.2 Å². The van der Waals surface area contributed by atoms with Gasteiger partial charge in [0, 0.05) is 40.8 Å². The number of carbonyl (C=O) groups excluding carboxylic acids is 2. The molecule has 286 valence electrons. The summed E-state index contributed by atoms with van der Waals surface area (Å²) in [6, 6.07) is 4.01. The van der Waals surface area contributed by atoms with Crippen molar-refractivity contribution in [1.29, 1.82) is 0 Å². The van der Waals surface area contributed by atoms with E-state index in [1.165, 1.54) is 19.1 Å². The summed E-state index contributed by atoms with van der Waals surface area (Å²) in [5, 5.41) is 45.9. The van der Waals surface area contributed by atoms with Crippen LogP contribution in [-0.2, 0) is 15.1 Å². The molecule has 3 aliphatic rings. The van der Waals surface area contributed by atoms with E-state index in [0.717, 1.165) is 0 Å². The summed E-state index contributed by atoms with van der Waals surface area (Å²) in [7, 11) is 7.40. The first-order chi connectivity index (χ1) is 24.7. The predicted molar refractivity (Wildman–Crippen MR) is 199 cm³/mol. The smallest absolute Gasteiger partial charge is 0.202 e. The molecule has 9 unspecified atom stereocenters. The summed E-state index contributed by atoms with van der Waals surface area (Å²) in [5.74, 6) is -1.83. The van der Waals surface area contributed by atoms with Gasteiger partial charge in [-0.05, 0) is 106 Å². The standard InChI is InChI=1S/C41H52N2O10/c1-11-12-13-41(6,50)29-17-26(44)30-19(2)14-24-32(38(30)53-29)37(48)33-31(36(24)47)22(27-16-25(42(7)8)34(45)20(3)51-27)15-23(35(33)46)28-18-40(5,43(9)10)39(49)21(4)52-28/h11-12,14-15,17,20-21,25,27-28,34,39,45-46,49-50H,13,16,18H2,1-10H3. The number of aromatic hydroxyl groups is 1. The van der Waals surface area contributed by atoms with Crippen LogP contribution in [0.1, 0.15) is 120 Å². The van der Waals surface area contributed by atoms with Crippen LogP contribution in [0.4, 0.5) is 0 Å². The quantitative estimate of drug-likeness (QED) is 0.198. The third kappa shape index (κ3) is 6.27. The molecule has 3 heterocycles. The van der Waals surface area contributed by atoms with Gasteiger partial charge in [-0.3, -0.25) is 14.4 Å². The van der Waals surface area contributed by atoms with Crippen molar-refractivity contribution in [3.8, 4) is 5.75 Å².